The van der Waals surface area contributed by atoms with E-state index in [1.54, 1.807) is 0 Å². The van der Waals surface area contributed by atoms with Crippen molar-refractivity contribution in [3.63, 3.8) is 0 Å². The summed E-state index contributed by atoms with van der Waals surface area (Å²) in [5.74, 6) is -7.40. The van der Waals surface area contributed by atoms with E-state index < -0.39 is 53.6 Å². The predicted molar refractivity (Wildman–Crippen MR) is 99.3 cm³/mol. The van der Waals surface area contributed by atoms with Gasteiger partial charge in [0.05, 0.1) is 27.8 Å². The number of hydrogen-bond donors (Lipinski definition) is 2. The van der Waals surface area contributed by atoms with Crippen molar-refractivity contribution in [1.29, 1.82) is 0 Å². The van der Waals surface area contributed by atoms with Crippen LogP contribution in [0.15, 0.2) is 30.3 Å². The van der Waals surface area contributed by atoms with E-state index in [0.29, 0.717) is 6.07 Å². The van der Waals surface area contributed by atoms with Gasteiger partial charge >= 0.3 is 5.97 Å². The maximum absolute atomic E-state index is 13.5. The van der Waals surface area contributed by atoms with Crippen LogP contribution in [-0.4, -0.2) is 30.4 Å². The highest BCUT2D eigenvalue weighted by Gasteiger charge is 2.22. The van der Waals surface area contributed by atoms with Gasteiger partial charge in [0.1, 0.15) is 0 Å². The van der Waals surface area contributed by atoms with Crippen LogP contribution in [0.4, 0.5) is 18.9 Å². The summed E-state index contributed by atoms with van der Waals surface area (Å²) in [7, 11) is 0. The zero-order valence-corrected chi connectivity index (χ0v) is 16.2. The minimum atomic E-state index is -1.74. The zero-order valence-electron chi connectivity index (χ0n) is 14.7. The van der Waals surface area contributed by atoms with E-state index in [9.17, 15) is 27.6 Å². The Labute approximate surface area is 172 Å². The fourth-order valence-electron chi connectivity index (χ4n) is 2.07. The summed E-state index contributed by atoms with van der Waals surface area (Å²) in [5, 5.41) is 4.21. The number of nitrogens with one attached hydrogen (secondary N) is 2. The maximum atomic E-state index is 13.5. The third kappa shape index (κ3) is 5.61. The van der Waals surface area contributed by atoms with Gasteiger partial charge in [0.25, 0.3) is 5.91 Å². The molecule has 0 radical (unpaired) electrons. The lowest BCUT2D eigenvalue weighted by atomic mass is 10.2. The molecule has 29 heavy (non-hydrogen) atoms. The van der Waals surface area contributed by atoms with Gasteiger partial charge in [-0.2, -0.15) is 0 Å². The Kier molecular flexibility index (Phi) is 7.46. The first-order chi connectivity index (χ1) is 13.6. The van der Waals surface area contributed by atoms with Crippen molar-refractivity contribution in [2.24, 2.45) is 0 Å². The molecule has 0 saturated carbocycles. The smallest absolute Gasteiger partial charge is 0.340 e. The Bertz CT molecular complexity index is 972. The second kappa shape index (κ2) is 9.62. The Morgan fingerprint density at radius 1 is 1.07 bits per heavy atom. The molecule has 2 N–H and O–H groups in total. The van der Waals surface area contributed by atoms with Crippen LogP contribution in [0.2, 0.25) is 10.0 Å². The van der Waals surface area contributed by atoms with Crippen LogP contribution in [0.1, 0.15) is 17.3 Å². The molecule has 2 aromatic rings. The van der Waals surface area contributed by atoms with Gasteiger partial charge in [-0.1, -0.05) is 29.3 Å². The van der Waals surface area contributed by atoms with E-state index in [1.165, 1.54) is 25.1 Å². The van der Waals surface area contributed by atoms with Crippen LogP contribution in [0.5, 0.6) is 0 Å². The molecule has 0 spiro atoms. The number of anilines is 1. The monoisotopic (exact) mass is 448 g/mol. The van der Waals surface area contributed by atoms with Crippen molar-refractivity contribution in [3.05, 3.63) is 63.4 Å². The van der Waals surface area contributed by atoms with Crippen molar-refractivity contribution in [1.82, 2.24) is 5.32 Å². The molecule has 0 aliphatic rings. The average molecular weight is 449 g/mol. The molecule has 0 aromatic heterocycles. The van der Waals surface area contributed by atoms with Gasteiger partial charge in [0, 0.05) is 0 Å². The number of benzene rings is 2. The topological polar surface area (TPSA) is 84.5 Å². The van der Waals surface area contributed by atoms with Crippen molar-refractivity contribution in [2.45, 2.75) is 13.0 Å². The molecule has 0 bridgehead atoms. The third-order valence-corrected chi connectivity index (χ3v) is 4.38. The molecule has 6 nitrogen and oxygen atoms in total. The van der Waals surface area contributed by atoms with Gasteiger partial charge in [-0.05, 0) is 31.2 Å². The number of esters is 1. The molecule has 11 heteroatoms. The Hall–Kier alpha value is -2.78. The number of carbonyl (C=O) groups is 3. The number of rotatable bonds is 6. The quantitative estimate of drug-likeness (QED) is 0.521. The highest BCUT2D eigenvalue weighted by atomic mass is 35.5. The van der Waals surface area contributed by atoms with Gasteiger partial charge in [-0.3, -0.25) is 9.59 Å². The van der Waals surface area contributed by atoms with Crippen LogP contribution >= 0.6 is 23.2 Å². The first-order valence-electron chi connectivity index (χ1n) is 7.97. The second-order valence-electron chi connectivity index (χ2n) is 5.64. The molecule has 2 rings (SSSR count). The molecule has 2 amide bonds. The SMILES string of the molecule is CC(OC(=O)c1cccc(Cl)c1Cl)C(=O)NCC(=O)Nc1ccc(F)c(F)c1F. The third-order valence-electron chi connectivity index (χ3n) is 3.56. The van der Waals surface area contributed by atoms with Gasteiger partial charge in [0.2, 0.25) is 5.91 Å². The van der Waals surface area contributed by atoms with E-state index in [-0.39, 0.29) is 15.6 Å². The largest absolute Gasteiger partial charge is 0.449 e. The number of hydrogen-bond acceptors (Lipinski definition) is 4. The summed E-state index contributed by atoms with van der Waals surface area (Å²) in [4.78, 5) is 35.8. The molecule has 154 valence electrons. The van der Waals surface area contributed by atoms with Crippen LogP contribution in [0, 0.1) is 17.5 Å². The summed E-state index contributed by atoms with van der Waals surface area (Å²) >= 11 is 11.7. The minimum Gasteiger partial charge on any atom is -0.449 e. The molecule has 1 unspecified atom stereocenters. The summed E-state index contributed by atoms with van der Waals surface area (Å²) < 4.78 is 44.5. The standard InChI is InChI=1S/C18H13Cl2F3N2O4/c1-8(29-18(28)9-3-2-4-10(19)14(9)20)17(27)24-7-13(26)25-12-6-5-11(21)15(22)16(12)23/h2-6,8H,7H2,1H3,(H,24,27)(H,25,26). The Morgan fingerprint density at radius 2 is 1.76 bits per heavy atom. The molecule has 0 heterocycles. The highest BCUT2D eigenvalue weighted by Crippen LogP contribution is 2.26. The number of ether oxygens (including phenoxy) is 1. The molecule has 0 aliphatic carbocycles. The molecule has 0 fully saturated rings. The van der Waals surface area contributed by atoms with Crippen molar-refractivity contribution in [3.8, 4) is 0 Å². The normalized spacial score (nSPS) is 11.5. The van der Waals surface area contributed by atoms with Crippen LogP contribution < -0.4 is 10.6 Å². The second-order valence-corrected chi connectivity index (χ2v) is 6.42. The molecular weight excluding hydrogens is 436 g/mol. The minimum absolute atomic E-state index is 0.0419. The van der Waals surface area contributed by atoms with Crippen molar-refractivity contribution in [2.75, 3.05) is 11.9 Å². The first kappa shape index (κ1) is 22.5. The lowest BCUT2D eigenvalue weighted by Gasteiger charge is -2.14. The van der Waals surface area contributed by atoms with E-state index in [0.717, 1.165) is 6.07 Å². The van der Waals surface area contributed by atoms with Gasteiger partial charge < -0.3 is 15.4 Å². The molecule has 0 saturated heterocycles. The fraction of sp³-hybridized carbons (Fsp3) is 0.167. The van der Waals surface area contributed by atoms with Crippen LogP contribution in [0.3, 0.4) is 0 Å². The number of amides is 2. The van der Waals surface area contributed by atoms with Crippen molar-refractivity contribution >= 4 is 46.7 Å². The molecule has 0 aliphatic heterocycles. The van der Waals surface area contributed by atoms with E-state index in [2.05, 4.69) is 5.32 Å². The Morgan fingerprint density at radius 3 is 2.45 bits per heavy atom. The summed E-state index contributed by atoms with van der Waals surface area (Å²) in [5.41, 5.74) is -0.649. The molecule has 2 aromatic carbocycles. The van der Waals surface area contributed by atoms with Gasteiger partial charge in [-0.25, -0.2) is 18.0 Å². The lowest BCUT2D eigenvalue weighted by Crippen LogP contribution is -2.40. The number of halogens is 5. The predicted octanol–water partition coefficient (Wildman–Crippen LogP) is 3.71. The van der Waals surface area contributed by atoms with Crippen LogP contribution in [0.25, 0.3) is 0 Å². The molecule has 1 atom stereocenters. The van der Waals surface area contributed by atoms with Gasteiger partial charge in [0.15, 0.2) is 23.6 Å². The first-order valence-corrected chi connectivity index (χ1v) is 8.73. The van der Waals surface area contributed by atoms with Gasteiger partial charge in [-0.15, -0.1) is 0 Å². The summed E-state index contributed by atoms with van der Waals surface area (Å²) in [6.07, 6.45) is -1.30. The molecular formula is C18H13Cl2F3N2O4. The summed E-state index contributed by atoms with van der Waals surface area (Å²) in [6, 6.07) is 5.75. The fourth-order valence-corrected chi connectivity index (χ4v) is 2.44. The highest BCUT2D eigenvalue weighted by molar-refractivity contribution is 6.43. The zero-order chi connectivity index (χ0) is 21.7. The Balaban J connectivity index is 1.90. The summed E-state index contributed by atoms with van der Waals surface area (Å²) in [6.45, 7) is 0.607. The lowest BCUT2D eigenvalue weighted by molar-refractivity contribution is -0.130. The van der Waals surface area contributed by atoms with E-state index in [4.69, 9.17) is 27.9 Å². The van der Waals surface area contributed by atoms with E-state index in [1.807, 2.05) is 5.32 Å². The van der Waals surface area contributed by atoms with E-state index >= 15 is 0 Å². The average Bonchev–Trinajstić information content (AvgIpc) is 2.68. The van der Waals surface area contributed by atoms with Crippen molar-refractivity contribution < 1.29 is 32.3 Å². The number of carbonyl (C=O) groups excluding carboxylic acids is 3. The maximum Gasteiger partial charge on any atom is 0.340 e. The van der Waals surface area contributed by atoms with Crippen LogP contribution in [-0.2, 0) is 14.3 Å².